The largest absolute Gasteiger partial charge is 0.436 e. The number of benzene rings is 1. The summed E-state index contributed by atoms with van der Waals surface area (Å²) >= 11 is 3.40. The van der Waals surface area contributed by atoms with Crippen LogP contribution in [0.5, 0.6) is 0 Å². The summed E-state index contributed by atoms with van der Waals surface area (Å²) in [5.41, 5.74) is 2.67. The fourth-order valence-electron chi connectivity index (χ4n) is 1.95. The van der Waals surface area contributed by atoms with Gasteiger partial charge in [0.15, 0.2) is 5.58 Å². The van der Waals surface area contributed by atoms with E-state index < -0.39 is 0 Å². The first-order valence-corrected chi connectivity index (χ1v) is 8.55. The molecule has 0 unspecified atom stereocenters. The average Bonchev–Trinajstić information content (AvgIpc) is 2.90. The predicted octanol–water partition coefficient (Wildman–Crippen LogP) is 4.72. The van der Waals surface area contributed by atoms with Gasteiger partial charge in [0.05, 0.1) is 5.56 Å². The van der Waals surface area contributed by atoms with Crippen molar-refractivity contribution in [3.8, 4) is 11.5 Å². The number of aromatic nitrogens is 2. The molecule has 0 amide bonds. The molecule has 5 heteroatoms. The van der Waals surface area contributed by atoms with Crippen LogP contribution in [0.15, 0.2) is 50.9 Å². The Hall–Kier alpha value is -1.46. The molecule has 0 atom stereocenters. The monoisotopic (exact) mass is 302 g/mol. The predicted molar refractivity (Wildman–Crippen MR) is 85.4 cm³/mol. The molecule has 0 radical (unpaired) electrons. The van der Waals surface area contributed by atoms with Crippen LogP contribution in [0, 0.1) is 0 Å². The summed E-state index contributed by atoms with van der Waals surface area (Å²) in [5.74, 6) is 1.61. The van der Waals surface area contributed by atoms with Crippen LogP contribution in [-0.2, 0) is 0 Å². The van der Waals surface area contributed by atoms with Gasteiger partial charge in [-0.2, -0.15) is 0 Å². The van der Waals surface area contributed by atoms with E-state index in [1.807, 2.05) is 24.3 Å². The van der Waals surface area contributed by atoms with Gasteiger partial charge >= 0.3 is 0 Å². The molecule has 0 fully saturated rings. The van der Waals surface area contributed by atoms with Gasteiger partial charge in [0.25, 0.3) is 0 Å². The van der Waals surface area contributed by atoms with Crippen molar-refractivity contribution < 1.29 is 4.42 Å². The fourth-order valence-corrected chi connectivity index (χ4v) is 3.11. The van der Waals surface area contributed by atoms with E-state index in [4.69, 9.17) is 4.42 Å². The van der Waals surface area contributed by atoms with Crippen LogP contribution >= 0.6 is 23.5 Å². The van der Waals surface area contributed by atoms with Crippen LogP contribution in [0.3, 0.4) is 0 Å². The first kappa shape index (κ1) is 13.5. The lowest BCUT2D eigenvalue weighted by atomic mass is 10.3. The van der Waals surface area contributed by atoms with Crippen LogP contribution in [0.25, 0.3) is 22.6 Å². The number of hydrogen-bond acceptors (Lipinski definition) is 5. The minimum atomic E-state index is 0.641. The average molecular weight is 302 g/mol. The van der Waals surface area contributed by atoms with E-state index in [0.29, 0.717) is 5.89 Å². The number of nitrogens with zero attached hydrogens (tertiary/aromatic N) is 2. The molecular formula is C15H14N2OS2. The van der Waals surface area contributed by atoms with Crippen molar-refractivity contribution in [1.82, 2.24) is 9.97 Å². The normalized spacial score (nSPS) is 11.1. The topological polar surface area (TPSA) is 38.9 Å². The molecule has 102 valence electrons. The highest BCUT2D eigenvalue weighted by molar-refractivity contribution is 7.99. The number of pyridine rings is 1. The summed E-state index contributed by atoms with van der Waals surface area (Å²) in [7, 11) is 0. The van der Waals surface area contributed by atoms with Crippen LogP contribution < -0.4 is 0 Å². The molecule has 0 saturated carbocycles. The van der Waals surface area contributed by atoms with Crippen LogP contribution in [-0.4, -0.2) is 22.0 Å². The van der Waals surface area contributed by atoms with E-state index in [9.17, 15) is 0 Å². The van der Waals surface area contributed by atoms with Crippen molar-refractivity contribution in [1.29, 1.82) is 0 Å². The summed E-state index contributed by atoms with van der Waals surface area (Å²) < 4.78 is 5.87. The van der Waals surface area contributed by atoms with Crippen molar-refractivity contribution >= 4 is 34.6 Å². The highest BCUT2D eigenvalue weighted by Crippen LogP contribution is 2.32. The summed E-state index contributed by atoms with van der Waals surface area (Å²) in [6.45, 7) is 2.11. The Bertz CT molecular complexity index is 740. The third-order valence-electron chi connectivity index (χ3n) is 2.88. The standard InChI is InChI=1S/C15H14N2OS2/c1-3-20-15-11(5-4-8-16-15)14-17-12-9-10(19-2)6-7-13(12)18-14/h4-9H,3H2,1-2H3. The molecule has 2 heterocycles. The van der Waals surface area contributed by atoms with E-state index in [0.717, 1.165) is 27.4 Å². The van der Waals surface area contributed by atoms with Gasteiger partial charge in [0.2, 0.25) is 5.89 Å². The Labute approximate surface area is 126 Å². The number of oxazole rings is 1. The molecule has 0 aliphatic carbocycles. The van der Waals surface area contributed by atoms with E-state index in [-0.39, 0.29) is 0 Å². The van der Waals surface area contributed by atoms with Gasteiger partial charge in [-0.3, -0.25) is 0 Å². The molecule has 0 spiro atoms. The van der Waals surface area contributed by atoms with Crippen LogP contribution in [0.4, 0.5) is 0 Å². The smallest absolute Gasteiger partial charge is 0.230 e. The maximum atomic E-state index is 5.87. The van der Waals surface area contributed by atoms with Crippen molar-refractivity contribution in [2.75, 3.05) is 12.0 Å². The Morgan fingerprint density at radius 1 is 1.25 bits per heavy atom. The molecule has 20 heavy (non-hydrogen) atoms. The molecular weight excluding hydrogens is 288 g/mol. The third-order valence-corrected chi connectivity index (χ3v) is 4.49. The summed E-state index contributed by atoms with van der Waals surface area (Å²) in [4.78, 5) is 10.2. The minimum Gasteiger partial charge on any atom is -0.436 e. The molecule has 0 aliphatic heterocycles. The lowest BCUT2D eigenvalue weighted by Gasteiger charge is -2.02. The van der Waals surface area contributed by atoms with Crippen molar-refractivity contribution in [2.45, 2.75) is 16.8 Å². The lowest BCUT2D eigenvalue weighted by Crippen LogP contribution is -1.86. The Balaban J connectivity index is 2.10. The molecule has 3 aromatic rings. The molecule has 2 aromatic heterocycles. The van der Waals surface area contributed by atoms with Gasteiger partial charge in [-0.1, -0.05) is 6.92 Å². The Morgan fingerprint density at radius 3 is 2.95 bits per heavy atom. The third kappa shape index (κ3) is 2.55. The number of hydrogen-bond donors (Lipinski definition) is 0. The van der Waals surface area contributed by atoms with E-state index >= 15 is 0 Å². The molecule has 1 aromatic carbocycles. The molecule has 0 saturated heterocycles. The lowest BCUT2D eigenvalue weighted by molar-refractivity contribution is 0.617. The van der Waals surface area contributed by atoms with Gasteiger partial charge in [-0.25, -0.2) is 9.97 Å². The molecule has 0 N–H and O–H groups in total. The first-order valence-electron chi connectivity index (χ1n) is 6.34. The maximum Gasteiger partial charge on any atom is 0.230 e. The first-order chi connectivity index (χ1) is 9.81. The second-order valence-electron chi connectivity index (χ2n) is 4.14. The van der Waals surface area contributed by atoms with Gasteiger partial charge in [0.1, 0.15) is 10.5 Å². The van der Waals surface area contributed by atoms with E-state index in [2.05, 4.69) is 29.2 Å². The summed E-state index contributed by atoms with van der Waals surface area (Å²) in [6, 6.07) is 9.99. The summed E-state index contributed by atoms with van der Waals surface area (Å²) in [5, 5.41) is 0.964. The van der Waals surface area contributed by atoms with Gasteiger partial charge < -0.3 is 4.42 Å². The van der Waals surface area contributed by atoms with Crippen molar-refractivity contribution in [3.63, 3.8) is 0 Å². The molecule has 3 nitrogen and oxygen atoms in total. The molecule has 3 rings (SSSR count). The van der Waals surface area contributed by atoms with Crippen molar-refractivity contribution in [2.24, 2.45) is 0 Å². The summed E-state index contributed by atoms with van der Waals surface area (Å²) in [6.07, 6.45) is 3.86. The SMILES string of the molecule is CCSc1ncccc1-c1nc2cc(SC)ccc2o1. The fraction of sp³-hybridized carbons (Fsp3) is 0.200. The highest BCUT2D eigenvalue weighted by Gasteiger charge is 2.13. The van der Waals surface area contributed by atoms with Crippen molar-refractivity contribution in [3.05, 3.63) is 36.5 Å². The zero-order valence-corrected chi connectivity index (χ0v) is 12.9. The Morgan fingerprint density at radius 2 is 2.15 bits per heavy atom. The van der Waals surface area contributed by atoms with E-state index in [1.165, 1.54) is 4.90 Å². The molecule has 0 aliphatic rings. The number of fused-ring (bicyclic) bond motifs is 1. The number of rotatable bonds is 4. The van der Waals surface area contributed by atoms with Gasteiger partial charge in [-0.15, -0.1) is 23.5 Å². The maximum absolute atomic E-state index is 5.87. The minimum absolute atomic E-state index is 0.641. The zero-order valence-electron chi connectivity index (χ0n) is 11.3. The van der Waals surface area contributed by atoms with Gasteiger partial charge in [-0.05, 0) is 42.3 Å². The highest BCUT2D eigenvalue weighted by atomic mass is 32.2. The van der Waals surface area contributed by atoms with E-state index in [1.54, 1.807) is 29.7 Å². The van der Waals surface area contributed by atoms with Gasteiger partial charge in [0, 0.05) is 11.1 Å². The zero-order chi connectivity index (χ0) is 13.9. The Kier molecular flexibility index (Phi) is 3.98. The van der Waals surface area contributed by atoms with Crippen LogP contribution in [0.1, 0.15) is 6.92 Å². The number of thioether (sulfide) groups is 2. The molecule has 0 bridgehead atoms. The second-order valence-corrected chi connectivity index (χ2v) is 6.27. The second kappa shape index (κ2) is 5.89. The quantitative estimate of drug-likeness (QED) is 0.652. The van der Waals surface area contributed by atoms with Crippen LogP contribution in [0.2, 0.25) is 0 Å².